The van der Waals surface area contributed by atoms with Crippen LogP contribution < -0.4 is 5.46 Å². The van der Waals surface area contributed by atoms with Crippen molar-refractivity contribution in [1.82, 2.24) is 0 Å². The maximum absolute atomic E-state index is 8.77. The standard InChI is InChI=1S/C6H5BO2.C2H6/c7-4-1-2-5(8)6(9)3-4;1-2/h1-3,8-9H;1-2H3. The molecule has 0 unspecified atom stereocenters. The van der Waals surface area contributed by atoms with Crippen LogP contribution in [0.5, 0.6) is 11.5 Å². The van der Waals surface area contributed by atoms with Gasteiger partial charge in [-0.25, -0.2) is 0 Å². The van der Waals surface area contributed by atoms with Gasteiger partial charge in [-0.1, -0.05) is 25.4 Å². The van der Waals surface area contributed by atoms with Crippen LogP contribution in [0.1, 0.15) is 13.8 Å². The van der Waals surface area contributed by atoms with Crippen LogP contribution in [0.25, 0.3) is 0 Å². The summed E-state index contributed by atoms with van der Waals surface area (Å²) in [6, 6.07) is 4.13. The van der Waals surface area contributed by atoms with Crippen molar-refractivity contribution >= 4 is 13.3 Å². The molecule has 2 nitrogen and oxygen atoms in total. The molecule has 1 rings (SSSR count). The summed E-state index contributed by atoms with van der Waals surface area (Å²) in [4.78, 5) is 0. The van der Waals surface area contributed by atoms with Gasteiger partial charge in [0.1, 0.15) is 7.85 Å². The molecular weight excluding hydrogens is 139 g/mol. The first-order valence-electron chi connectivity index (χ1n) is 3.47. The molecule has 1 aromatic carbocycles. The van der Waals surface area contributed by atoms with Crippen molar-refractivity contribution in [3.8, 4) is 11.5 Å². The van der Waals surface area contributed by atoms with Gasteiger partial charge in [0.15, 0.2) is 11.5 Å². The third kappa shape index (κ3) is 2.98. The highest BCUT2D eigenvalue weighted by Gasteiger charge is 1.94. The number of hydrogen-bond acceptors (Lipinski definition) is 2. The first-order valence-corrected chi connectivity index (χ1v) is 3.47. The van der Waals surface area contributed by atoms with E-state index in [2.05, 4.69) is 0 Å². The average Bonchev–Trinajstić information content (AvgIpc) is 2.02. The second-order valence-corrected chi connectivity index (χ2v) is 1.75. The van der Waals surface area contributed by atoms with E-state index in [1.807, 2.05) is 13.8 Å². The highest BCUT2D eigenvalue weighted by Crippen LogP contribution is 2.20. The summed E-state index contributed by atoms with van der Waals surface area (Å²) < 4.78 is 0. The SMILES string of the molecule is CC.[B]c1ccc(O)c(O)c1. The van der Waals surface area contributed by atoms with E-state index < -0.39 is 0 Å². The minimum atomic E-state index is -0.185. The minimum absolute atomic E-state index is 0.149. The first kappa shape index (κ1) is 9.88. The van der Waals surface area contributed by atoms with E-state index in [0.29, 0.717) is 5.46 Å². The summed E-state index contributed by atoms with van der Waals surface area (Å²) in [5, 5.41) is 17.5. The minimum Gasteiger partial charge on any atom is -0.504 e. The number of aromatic hydroxyl groups is 2. The predicted octanol–water partition coefficient (Wildman–Crippen LogP) is 0.918. The van der Waals surface area contributed by atoms with Crippen molar-refractivity contribution in [1.29, 1.82) is 0 Å². The molecule has 58 valence electrons. The monoisotopic (exact) mass is 150 g/mol. The van der Waals surface area contributed by atoms with E-state index in [0.717, 1.165) is 0 Å². The molecule has 1 aromatic rings. The summed E-state index contributed by atoms with van der Waals surface area (Å²) in [6.07, 6.45) is 0. The van der Waals surface area contributed by atoms with Gasteiger partial charge in [0.05, 0.1) is 0 Å². The molecule has 0 fully saturated rings. The average molecular weight is 150 g/mol. The Morgan fingerprint density at radius 3 is 2.00 bits per heavy atom. The number of hydrogen-bond donors (Lipinski definition) is 2. The van der Waals surface area contributed by atoms with E-state index in [1.54, 1.807) is 0 Å². The Balaban J connectivity index is 0.000000461. The Morgan fingerprint density at radius 1 is 1.09 bits per heavy atom. The van der Waals surface area contributed by atoms with Crippen LogP contribution in [-0.4, -0.2) is 18.1 Å². The third-order valence-electron chi connectivity index (χ3n) is 0.999. The third-order valence-corrected chi connectivity index (χ3v) is 0.999. The number of rotatable bonds is 0. The van der Waals surface area contributed by atoms with Crippen molar-refractivity contribution in [2.24, 2.45) is 0 Å². The molecule has 0 aliphatic rings. The molecule has 0 aliphatic heterocycles. The summed E-state index contributed by atoms with van der Waals surface area (Å²) in [7, 11) is 5.26. The topological polar surface area (TPSA) is 40.5 Å². The lowest BCUT2D eigenvalue weighted by molar-refractivity contribution is 0.404. The summed E-state index contributed by atoms with van der Waals surface area (Å²) in [5.74, 6) is -0.334. The van der Waals surface area contributed by atoms with Crippen LogP contribution in [0.2, 0.25) is 0 Å². The molecular formula is C8H11BO2. The molecule has 0 saturated heterocycles. The number of phenols is 2. The van der Waals surface area contributed by atoms with Gasteiger partial charge in [-0.05, 0) is 12.1 Å². The molecule has 0 heterocycles. The van der Waals surface area contributed by atoms with Crippen LogP contribution >= 0.6 is 0 Å². The van der Waals surface area contributed by atoms with E-state index in [1.165, 1.54) is 18.2 Å². The zero-order chi connectivity index (χ0) is 8.85. The van der Waals surface area contributed by atoms with Gasteiger partial charge >= 0.3 is 0 Å². The van der Waals surface area contributed by atoms with Crippen LogP contribution in [0.3, 0.4) is 0 Å². The van der Waals surface area contributed by atoms with Crippen LogP contribution in [-0.2, 0) is 0 Å². The smallest absolute Gasteiger partial charge is 0.157 e. The van der Waals surface area contributed by atoms with Crippen LogP contribution in [0.4, 0.5) is 0 Å². The Bertz CT molecular complexity index is 223. The molecule has 3 heteroatoms. The van der Waals surface area contributed by atoms with Crippen molar-refractivity contribution < 1.29 is 10.2 Å². The van der Waals surface area contributed by atoms with E-state index >= 15 is 0 Å². The normalized spacial score (nSPS) is 8.18. The highest BCUT2D eigenvalue weighted by atomic mass is 16.3. The maximum Gasteiger partial charge on any atom is 0.157 e. The van der Waals surface area contributed by atoms with Gasteiger partial charge in [-0.15, -0.1) is 0 Å². The van der Waals surface area contributed by atoms with Gasteiger partial charge < -0.3 is 10.2 Å². The molecule has 0 atom stereocenters. The molecule has 0 aromatic heterocycles. The Hall–Kier alpha value is -1.12. The zero-order valence-electron chi connectivity index (χ0n) is 6.70. The van der Waals surface area contributed by atoms with E-state index in [4.69, 9.17) is 18.1 Å². The first-order chi connectivity index (χ1) is 5.20. The molecule has 0 bridgehead atoms. The lowest BCUT2D eigenvalue weighted by atomic mass is 9.96. The Labute approximate surface area is 67.9 Å². The number of phenolic OH excluding ortho intramolecular Hbond substituents is 2. The fourth-order valence-electron chi connectivity index (χ4n) is 0.540. The summed E-state index contributed by atoms with van der Waals surface area (Å²) in [6.45, 7) is 4.00. The summed E-state index contributed by atoms with van der Waals surface area (Å²) >= 11 is 0. The van der Waals surface area contributed by atoms with E-state index in [-0.39, 0.29) is 11.5 Å². The second kappa shape index (κ2) is 4.66. The Morgan fingerprint density at radius 2 is 1.64 bits per heavy atom. The maximum atomic E-state index is 8.77. The predicted molar refractivity (Wildman–Crippen MR) is 46.5 cm³/mol. The molecule has 2 radical (unpaired) electrons. The molecule has 0 spiro atoms. The van der Waals surface area contributed by atoms with Crippen LogP contribution in [0.15, 0.2) is 18.2 Å². The zero-order valence-corrected chi connectivity index (χ0v) is 6.70. The quantitative estimate of drug-likeness (QED) is 0.426. The molecule has 0 saturated carbocycles. The van der Waals surface area contributed by atoms with Crippen molar-refractivity contribution in [2.45, 2.75) is 13.8 Å². The lowest BCUT2D eigenvalue weighted by Crippen LogP contribution is -1.98. The van der Waals surface area contributed by atoms with Gasteiger partial charge in [-0.2, -0.15) is 0 Å². The lowest BCUT2D eigenvalue weighted by Gasteiger charge is -1.96. The molecule has 2 N–H and O–H groups in total. The molecule has 11 heavy (non-hydrogen) atoms. The summed E-state index contributed by atoms with van der Waals surface area (Å²) in [5.41, 5.74) is 0.435. The van der Waals surface area contributed by atoms with Gasteiger partial charge in [0, 0.05) is 0 Å². The highest BCUT2D eigenvalue weighted by molar-refractivity contribution is 6.32. The van der Waals surface area contributed by atoms with Crippen LogP contribution in [0, 0.1) is 0 Å². The van der Waals surface area contributed by atoms with E-state index in [9.17, 15) is 0 Å². The molecule has 0 aliphatic carbocycles. The second-order valence-electron chi connectivity index (χ2n) is 1.75. The van der Waals surface area contributed by atoms with Crippen molar-refractivity contribution in [2.75, 3.05) is 0 Å². The fraction of sp³-hybridized carbons (Fsp3) is 0.250. The van der Waals surface area contributed by atoms with Crippen molar-refractivity contribution in [3.63, 3.8) is 0 Å². The van der Waals surface area contributed by atoms with Crippen molar-refractivity contribution in [3.05, 3.63) is 18.2 Å². The largest absolute Gasteiger partial charge is 0.504 e. The van der Waals surface area contributed by atoms with Gasteiger partial charge in [0.25, 0.3) is 0 Å². The Kier molecular flexibility index (Phi) is 4.19. The number of benzene rings is 1. The fourth-order valence-corrected chi connectivity index (χ4v) is 0.540. The van der Waals surface area contributed by atoms with Gasteiger partial charge in [-0.3, -0.25) is 0 Å². The molecule has 0 amide bonds. The van der Waals surface area contributed by atoms with Gasteiger partial charge in [0.2, 0.25) is 0 Å².